The third-order valence-electron chi connectivity index (χ3n) is 4.09. The Balaban J connectivity index is 1.72. The van der Waals surface area contributed by atoms with E-state index in [0.29, 0.717) is 19.3 Å². The fourth-order valence-electron chi connectivity index (χ4n) is 2.94. The van der Waals surface area contributed by atoms with Crippen LogP contribution in [0.1, 0.15) is 24.0 Å². The summed E-state index contributed by atoms with van der Waals surface area (Å²) in [5.41, 5.74) is 2.54. The van der Waals surface area contributed by atoms with Gasteiger partial charge in [-0.3, -0.25) is 4.90 Å². The van der Waals surface area contributed by atoms with Crippen molar-refractivity contribution in [3.05, 3.63) is 23.3 Å². The van der Waals surface area contributed by atoms with E-state index in [1.165, 1.54) is 17.5 Å². The van der Waals surface area contributed by atoms with Crippen LogP contribution in [0.2, 0.25) is 0 Å². The lowest BCUT2D eigenvalue weighted by atomic mass is 9.98. The molecule has 0 bridgehead atoms. The van der Waals surface area contributed by atoms with Gasteiger partial charge in [0.15, 0.2) is 11.5 Å². The minimum absolute atomic E-state index is 0.302. The van der Waals surface area contributed by atoms with Crippen LogP contribution in [0.15, 0.2) is 12.1 Å². The summed E-state index contributed by atoms with van der Waals surface area (Å²) >= 11 is 0. The lowest BCUT2D eigenvalue weighted by Crippen LogP contribution is -2.36. The first-order chi connectivity index (χ1) is 9.26. The maximum Gasteiger partial charge on any atom is 0.231 e. The van der Waals surface area contributed by atoms with E-state index in [2.05, 4.69) is 24.0 Å². The van der Waals surface area contributed by atoms with Crippen LogP contribution < -0.4 is 9.47 Å². The zero-order chi connectivity index (χ0) is 13.2. The summed E-state index contributed by atoms with van der Waals surface area (Å²) in [6.45, 7) is 5.78. The molecule has 0 radical (unpaired) electrons. The molecule has 2 heterocycles. The number of aryl methyl sites for hydroxylation is 1. The molecule has 19 heavy (non-hydrogen) atoms. The minimum atomic E-state index is 0.302. The molecule has 1 atom stereocenters. The summed E-state index contributed by atoms with van der Waals surface area (Å²) in [5.74, 6) is 2.15. The van der Waals surface area contributed by atoms with Crippen LogP contribution in [0.25, 0.3) is 0 Å². The fourth-order valence-corrected chi connectivity index (χ4v) is 2.94. The number of nitrogens with zero attached hydrogens (tertiary/aromatic N) is 1. The van der Waals surface area contributed by atoms with Crippen molar-refractivity contribution in [3.8, 4) is 11.5 Å². The van der Waals surface area contributed by atoms with Crippen molar-refractivity contribution in [2.75, 3.05) is 26.5 Å². The minimum Gasteiger partial charge on any atom is -0.454 e. The highest BCUT2D eigenvalue weighted by Crippen LogP contribution is 2.35. The summed E-state index contributed by atoms with van der Waals surface area (Å²) in [4.78, 5) is 2.43. The van der Waals surface area contributed by atoms with E-state index in [-0.39, 0.29) is 0 Å². The van der Waals surface area contributed by atoms with Gasteiger partial charge in [0.1, 0.15) is 0 Å². The number of piperidine rings is 1. The van der Waals surface area contributed by atoms with Crippen molar-refractivity contribution < 1.29 is 14.6 Å². The van der Waals surface area contributed by atoms with Gasteiger partial charge in [0.25, 0.3) is 0 Å². The van der Waals surface area contributed by atoms with E-state index in [1.54, 1.807) is 0 Å². The molecule has 104 valence electrons. The molecular weight excluding hydrogens is 242 g/mol. The topological polar surface area (TPSA) is 41.9 Å². The van der Waals surface area contributed by atoms with Crippen LogP contribution in [0, 0.1) is 12.8 Å². The molecule has 0 aliphatic carbocycles. The van der Waals surface area contributed by atoms with Crippen molar-refractivity contribution in [3.63, 3.8) is 0 Å². The van der Waals surface area contributed by atoms with Gasteiger partial charge in [0.2, 0.25) is 6.79 Å². The normalized spacial score (nSPS) is 22.7. The molecule has 0 spiro atoms. The number of fused-ring (bicyclic) bond motifs is 1. The monoisotopic (exact) mass is 263 g/mol. The van der Waals surface area contributed by atoms with Gasteiger partial charge in [0, 0.05) is 19.7 Å². The highest BCUT2D eigenvalue weighted by atomic mass is 16.7. The van der Waals surface area contributed by atoms with Gasteiger partial charge in [-0.2, -0.15) is 0 Å². The number of hydrogen-bond donors (Lipinski definition) is 1. The van der Waals surface area contributed by atoms with E-state index in [0.717, 1.165) is 37.6 Å². The molecule has 0 amide bonds. The molecule has 2 aliphatic rings. The van der Waals surface area contributed by atoms with Crippen LogP contribution >= 0.6 is 0 Å². The number of rotatable bonds is 3. The highest BCUT2D eigenvalue weighted by Gasteiger charge is 2.21. The summed E-state index contributed by atoms with van der Waals surface area (Å²) in [5, 5.41) is 9.29. The van der Waals surface area contributed by atoms with Gasteiger partial charge < -0.3 is 14.6 Å². The van der Waals surface area contributed by atoms with Gasteiger partial charge >= 0.3 is 0 Å². The van der Waals surface area contributed by atoms with Crippen molar-refractivity contribution in [1.29, 1.82) is 0 Å². The van der Waals surface area contributed by atoms with Gasteiger partial charge in [-0.25, -0.2) is 0 Å². The number of aliphatic hydroxyl groups excluding tert-OH is 1. The molecule has 1 unspecified atom stereocenters. The third-order valence-corrected chi connectivity index (χ3v) is 4.09. The summed E-state index contributed by atoms with van der Waals surface area (Å²) in [6.07, 6.45) is 2.32. The van der Waals surface area contributed by atoms with Crippen LogP contribution in [0.4, 0.5) is 0 Å². The first kappa shape index (κ1) is 12.8. The lowest BCUT2D eigenvalue weighted by molar-refractivity contribution is 0.115. The molecule has 0 aromatic heterocycles. The van der Waals surface area contributed by atoms with Crippen molar-refractivity contribution in [2.45, 2.75) is 26.3 Å². The number of hydrogen-bond acceptors (Lipinski definition) is 4. The SMILES string of the molecule is Cc1cc2c(cc1CN1CCCC(CO)C1)OCO2. The van der Waals surface area contributed by atoms with Gasteiger partial charge in [0.05, 0.1) is 0 Å². The average Bonchev–Trinajstić information content (AvgIpc) is 2.86. The second-order valence-electron chi connectivity index (χ2n) is 5.56. The van der Waals surface area contributed by atoms with Crippen LogP contribution in [0.3, 0.4) is 0 Å². The first-order valence-corrected chi connectivity index (χ1v) is 6.98. The zero-order valence-corrected chi connectivity index (χ0v) is 11.4. The molecule has 1 N–H and O–H groups in total. The lowest BCUT2D eigenvalue weighted by Gasteiger charge is -2.32. The Kier molecular flexibility index (Phi) is 3.62. The molecule has 3 rings (SSSR count). The predicted molar refractivity (Wildman–Crippen MR) is 72.4 cm³/mol. The standard InChI is InChI=1S/C15H21NO3/c1-11-5-14-15(19-10-18-14)6-13(11)8-16-4-2-3-12(7-16)9-17/h5-6,12,17H,2-4,7-10H2,1H3. The van der Waals surface area contributed by atoms with Crippen LogP contribution in [-0.2, 0) is 6.54 Å². The van der Waals surface area contributed by atoms with Gasteiger partial charge in [-0.05, 0) is 55.5 Å². The Hall–Kier alpha value is -1.26. The molecule has 1 saturated heterocycles. The smallest absolute Gasteiger partial charge is 0.231 e. The van der Waals surface area contributed by atoms with Gasteiger partial charge in [-0.15, -0.1) is 0 Å². The Morgan fingerprint density at radius 1 is 1.32 bits per heavy atom. The fraction of sp³-hybridized carbons (Fsp3) is 0.600. The predicted octanol–water partition coefficient (Wildman–Crippen LogP) is 1.93. The first-order valence-electron chi connectivity index (χ1n) is 6.98. The van der Waals surface area contributed by atoms with Crippen LogP contribution in [0.5, 0.6) is 11.5 Å². The van der Waals surface area contributed by atoms with Crippen LogP contribution in [-0.4, -0.2) is 36.5 Å². The molecule has 4 nitrogen and oxygen atoms in total. The maximum atomic E-state index is 9.29. The molecule has 1 aromatic carbocycles. The Morgan fingerprint density at radius 2 is 2.11 bits per heavy atom. The summed E-state index contributed by atoms with van der Waals surface area (Å²) < 4.78 is 10.8. The number of ether oxygens (including phenoxy) is 2. The van der Waals surface area contributed by atoms with Crippen molar-refractivity contribution >= 4 is 0 Å². The highest BCUT2D eigenvalue weighted by molar-refractivity contribution is 5.48. The molecule has 0 saturated carbocycles. The molecule has 1 aromatic rings. The average molecular weight is 263 g/mol. The van der Waals surface area contributed by atoms with E-state index >= 15 is 0 Å². The number of aliphatic hydroxyl groups is 1. The third kappa shape index (κ3) is 2.69. The molecular formula is C15H21NO3. The summed E-state index contributed by atoms with van der Waals surface area (Å²) in [6, 6.07) is 4.16. The van der Waals surface area contributed by atoms with E-state index < -0.39 is 0 Å². The second kappa shape index (κ2) is 5.39. The Labute approximate surface area is 113 Å². The van der Waals surface area contributed by atoms with Crippen molar-refractivity contribution in [2.24, 2.45) is 5.92 Å². The van der Waals surface area contributed by atoms with Gasteiger partial charge in [-0.1, -0.05) is 0 Å². The van der Waals surface area contributed by atoms with E-state index in [4.69, 9.17) is 9.47 Å². The maximum absolute atomic E-state index is 9.29. The second-order valence-corrected chi connectivity index (χ2v) is 5.56. The number of benzene rings is 1. The quantitative estimate of drug-likeness (QED) is 0.905. The molecule has 1 fully saturated rings. The largest absolute Gasteiger partial charge is 0.454 e. The Bertz CT molecular complexity index is 461. The molecule has 4 heteroatoms. The zero-order valence-electron chi connectivity index (χ0n) is 11.4. The van der Waals surface area contributed by atoms with Crippen molar-refractivity contribution in [1.82, 2.24) is 4.90 Å². The molecule has 2 aliphatic heterocycles. The Morgan fingerprint density at radius 3 is 2.89 bits per heavy atom. The van der Waals surface area contributed by atoms with E-state index in [1.807, 2.05) is 0 Å². The number of likely N-dealkylation sites (tertiary alicyclic amines) is 1. The summed E-state index contributed by atoms with van der Waals surface area (Å²) in [7, 11) is 0. The van der Waals surface area contributed by atoms with E-state index in [9.17, 15) is 5.11 Å².